The Hall–Kier alpha value is -1.68. The summed E-state index contributed by atoms with van der Waals surface area (Å²) < 4.78 is 5.28. The number of hydrogen-bond acceptors (Lipinski definition) is 7. The van der Waals surface area contributed by atoms with Crippen LogP contribution in [-0.2, 0) is 14.3 Å². The summed E-state index contributed by atoms with van der Waals surface area (Å²) >= 11 is 0. The number of carbonyl (C=O) groups is 2. The average molecular weight is 349 g/mol. The molecule has 1 amide bonds. The number of carboxylic acids is 1. The third-order valence-electron chi connectivity index (χ3n) is 6.64. The fourth-order valence-corrected chi connectivity index (χ4v) is 5.64. The maximum Gasteiger partial charge on any atom is 0.330 e. The van der Waals surface area contributed by atoms with Gasteiger partial charge in [0.05, 0.1) is 12.1 Å². The van der Waals surface area contributed by atoms with E-state index in [9.17, 15) is 14.7 Å². The number of aliphatic carboxylic acids is 1. The van der Waals surface area contributed by atoms with Crippen LogP contribution in [-0.4, -0.2) is 78.9 Å². The van der Waals surface area contributed by atoms with Crippen LogP contribution < -0.4 is 21.5 Å². The van der Waals surface area contributed by atoms with Gasteiger partial charge in [-0.2, -0.15) is 0 Å². The van der Waals surface area contributed by atoms with Crippen molar-refractivity contribution in [3.8, 4) is 0 Å². The number of ether oxygens (including phenoxy) is 1. The van der Waals surface area contributed by atoms with Gasteiger partial charge >= 0.3 is 5.97 Å². The molecule has 0 aromatic rings. The number of carboxylic acid groups (broad SMARTS) is 1. The summed E-state index contributed by atoms with van der Waals surface area (Å²) in [6.07, 6.45) is 0.700. The maximum atomic E-state index is 12.5. The normalized spacial score (nSPS) is 42.9. The van der Waals surface area contributed by atoms with E-state index in [-0.39, 0.29) is 24.3 Å². The zero-order valence-corrected chi connectivity index (χ0v) is 13.9. The van der Waals surface area contributed by atoms with E-state index in [1.54, 1.807) is 0 Å². The summed E-state index contributed by atoms with van der Waals surface area (Å²) in [6, 6.07) is 0. The number of rotatable bonds is 3. The summed E-state index contributed by atoms with van der Waals surface area (Å²) in [5.41, 5.74) is 6.55. The molecule has 4 atom stereocenters. The van der Waals surface area contributed by atoms with E-state index in [1.807, 2.05) is 4.90 Å². The highest BCUT2D eigenvalue weighted by Gasteiger charge is 2.80. The quantitative estimate of drug-likeness (QED) is 0.384. The topological polar surface area (TPSA) is 115 Å². The monoisotopic (exact) mass is 349 g/mol. The molecule has 2 saturated heterocycles. The zero-order chi connectivity index (χ0) is 17.2. The molecule has 0 radical (unpaired) electrons. The highest BCUT2D eigenvalue weighted by molar-refractivity contribution is 5.88. The predicted molar refractivity (Wildman–Crippen MR) is 86.3 cm³/mol. The Labute approximate surface area is 145 Å². The zero-order valence-electron chi connectivity index (χ0n) is 13.9. The lowest BCUT2D eigenvalue weighted by Gasteiger charge is -2.38. The Bertz CT molecular complexity index is 681. The minimum absolute atomic E-state index is 0.0338. The highest BCUT2D eigenvalue weighted by atomic mass is 16.5. The van der Waals surface area contributed by atoms with Crippen LogP contribution in [0.25, 0.3) is 0 Å². The smallest absolute Gasteiger partial charge is 0.330 e. The van der Waals surface area contributed by atoms with Crippen LogP contribution in [0.1, 0.15) is 6.42 Å². The molecular formula is C16H23N5O4. The van der Waals surface area contributed by atoms with Crippen LogP contribution in [0, 0.1) is 11.8 Å². The van der Waals surface area contributed by atoms with Crippen molar-refractivity contribution in [2.24, 2.45) is 11.8 Å². The van der Waals surface area contributed by atoms with Crippen molar-refractivity contribution in [3.63, 3.8) is 0 Å². The van der Waals surface area contributed by atoms with E-state index in [0.717, 1.165) is 24.4 Å². The summed E-state index contributed by atoms with van der Waals surface area (Å²) in [7, 11) is 0. The van der Waals surface area contributed by atoms with Gasteiger partial charge < -0.3 is 30.8 Å². The van der Waals surface area contributed by atoms with Gasteiger partial charge in [0.25, 0.3) is 0 Å². The van der Waals surface area contributed by atoms with Gasteiger partial charge in [-0.05, 0) is 18.5 Å². The van der Waals surface area contributed by atoms with E-state index in [1.165, 1.54) is 0 Å². The first kappa shape index (κ1) is 15.6. The number of carbonyl (C=O) groups excluding carboxylic acids is 1. The van der Waals surface area contributed by atoms with Crippen molar-refractivity contribution in [2.45, 2.75) is 17.5 Å². The van der Waals surface area contributed by atoms with E-state index in [2.05, 4.69) is 21.5 Å². The van der Waals surface area contributed by atoms with Crippen molar-refractivity contribution in [2.75, 3.05) is 45.9 Å². The maximum absolute atomic E-state index is 12.5. The van der Waals surface area contributed by atoms with Crippen molar-refractivity contribution in [1.29, 1.82) is 0 Å². The molecule has 9 nitrogen and oxygen atoms in total. The fraction of sp³-hybridized carbons (Fsp3) is 0.750. The molecule has 5 rings (SSSR count). The number of morpholine rings is 1. The minimum Gasteiger partial charge on any atom is -0.480 e. The van der Waals surface area contributed by atoms with E-state index >= 15 is 0 Å². The van der Waals surface area contributed by atoms with E-state index < -0.39 is 17.0 Å². The molecule has 3 fully saturated rings. The Morgan fingerprint density at radius 2 is 2.24 bits per heavy atom. The Morgan fingerprint density at radius 1 is 1.36 bits per heavy atom. The molecule has 4 unspecified atom stereocenters. The molecule has 4 aliphatic heterocycles. The molecule has 0 aromatic heterocycles. The first-order chi connectivity index (χ1) is 12.1. The van der Waals surface area contributed by atoms with Crippen molar-refractivity contribution in [3.05, 3.63) is 11.3 Å². The first-order valence-corrected chi connectivity index (χ1v) is 8.91. The van der Waals surface area contributed by atoms with Crippen LogP contribution in [0.2, 0.25) is 0 Å². The van der Waals surface area contributed by atoms with Crippen LogP contribution >= 0.6 is 0 Å². The lowest BCUT2D eigenvalue weighted by Crippen LogP contribution is -2.61. The third-order valence-corrected chi connectivity index (χ3v) is 6.64. The molecule has 5 N–H and O–H groups in total. The largest absolute Gasteiger partial charge is 0.480 e. The number of nitrogens with zero attached hydrogens (tertiary/aromatic N) is 1. The summed E-state index contributed by atoms with van der Waals surface area (Å²) in [5, 5.41) is 16.9. The molecule has 0 aromatic carbocycles. The number of piperidine rings is 1. The molecule has 5 aliphatic rings. The van der Waals surface area contributed by atoms with Crippen LogP contribution in [0.3, 0.4) is 0 Å². The number of hydrogen-bond donors (Lipinski definition) is 5. The molecule has 136 valence electrons. The van der Waals surface area contributed by atoms with Crippen molar-refractivity contribution >= 4 is 11.9 Å². The number of fused-ring (bicyclic) bond motifs is 1. The fourth-order valence-electron chi connectivity index (χ4n) is 5.64. The van der Waals surface area contributed by atoms with Gasteiger partial charge in [0.2, 0.25) is 5.91 Å². The van der Waals surface area contributed by atoms with Gasteiger partial charge in [-0.1, -0.05) is 0 Å². The molecule has 25 heavy (non-hydrogen) atoms. The molecule has 1 aliphatic carbocycles. The Kier molecular flexibility index (Phi) is 3.22. The summed E-state index contributed by atoms with van der Waals surface area (Å²) in [5.74, 6) is -0.888. The molecule has 0 bridgehead atoms. The third kappa shape index (κ3) is 1.81. The van der Waals surface area contributed by atoms with Crippen LogP contribution in [0.5, 0.6) is 0 Å². The van der Waals surface area contributed by atoms with Crippen molar-refractivity contribution in [1.82, 2.24) is 26.4 Å². The SMILES string of the molecule is O=C1COCCN1C12CNCC1C2C1(C(=O)O)NNC2=C1CCNC2. The molecular weight excluding hydrogens is 326 g/mol. The summed E-state index contributed by atoms with van der Waals surface area (Å²) in [4.78, 5) is 26.9. The lowest BCUT2D eigenvalue weighted by molar-refractivity contribution is -0.150. The Balaban J connectivity index is 1.57. The van der Waals surface area contributed by atoms with E-state index in [4.69, 9.17) is 4.74 Å². The number of amides is 1. The second-order valence-electron chi connectivity index (χ2n) is 7.55. The number of hydrazine groups is 1. The molecule has 4 heterocycles. The Morgan fingerprint density at radius 3 is 3.04 bits per heavy atom. The van der Waals surface area contributed by atoms with Crippen molar-refractivity contribution < 1.29 is 19.4 Å². The molecule has 9 heteroatoms. The van der Waals surface area contributed by atoms with E-state index in [0.29, 0.717) is 32.7 Å². The van der Waals surface area contributed by atoms with Crippen LogP contribution in [0.15, 0.2) is 11.3 Å². The first-order valence-electron chi connectivity index (χ1n) is 8.91. The van der Waals surface area contributed by atoms with Gasteiger partial charge in [-0.15, -0.1) is 0 Å². The second kappa shape index (κ2) is 5.16. The van der Waals surface area contributed by atoms with Gasteiger partial charge in [0, 0.05) is 43.7 Å². The summed E-state index contributed by atoms with van der Waals surface area (Å²) in [6.45, 7) is 3.94. The van der Waals surface area contributed by atoms with Gasteiger partial charge in [-0.25, -0.2) is 10.2 Å². The lowest BCUT2D eigenvalue weighted by atomic mass is 9.79. The highest BCUT2D eigenvalue weighted by Crippen LogP contribution is 2.64. The standard InChI is InChI=1S/C16H23N5O4/c22-12-7-25-4-3-21(12)15-8-18-5-10(15)13(15)16(14(23)24)9-1-2-17-6-11(9)19-20-16/h10,13,17-20H,1-8H2,(H,23,24). The van der Waals surface area contributed by atoms with Crippen LogP contribution in [0.4, 0.5) is 0 Å². The van der Waals surface area contributed by atoms with Gasteiger partial charge in [0.15, 0.2) is 5.54 Å². The second-order valence-corrected chi connectivity index (χ2v) is 7.55. The minimum atomic E-state index is -1.14. The molecule has 1 saturated carbocycles. The van der Waals surface area contributed by atoms with Gasteiger partial charge in [-0.3, -0.25) is 4.79 Å². The number of nitrogens with one attached hydrogen (secondary N) is 4. The van der Waals surface area contributed by atoms with Gasteiger partial charge in [0.1, 0.15) is 6.61 Å². The molecule has 0 spiro atoms. The predicted octanol–water partition coefficient (Wildman–Crippen LogP) is -2.39. The average Bonchev–Trinajstić information content (AvgIpc) is 2.96.